The zero-order valence-electron chi connectivity index (χ0n) is 21.1. The lowest BCUT2D eigenvalue weighted by Crippen LogP contribution is -2.36. The van der Waals surface area contributed by atoms with Gasteiger partial charge in [0.15, 0.2) is 6.10 Å². The van der Waals surface area contributed by atoms with E-state index in [1.165, 1.54) is 0 Å². The molecular formula is C28H29Cl2N3O5. The molecular weight excluding hydrogens is 529 g/mol. The first-order chi connectivity index (χ1) is 17.8. The van der Waals surface area contributed by atoms with E-state index in [1.54, 1.807) is 42.5 Å². The second-order valence-electron chi connectivity index (χ2n) is 9.72. The van der Waals surface area contributed by atoms with Crippen LogP contribution in [0.1, 0.15) is 53.9 Å². The number of carboxylic acids is 1. The normalized spacial score (nSPS) is 12.8. The Balaban J connectivity index is 1.84. The molecule has 3 aromatic carbocycles. The number of benzene rings is 3. The van der Waals surface area contributed by atoms with E-state index >= 15 is 0 Å². The summed E-state index contributed by atoms with van der Waals surface area (Å²) in [6.07, 6.45) is -1.70. The molecule has 0 bridgehead atoms. The van der Waals surface area contributed by atoms with Crippen LogP contribution in [0.2, 0.25) is 10.0 Å². The molecule has 2 unspecified atom stereocenters. The number of aliphatic hydroxyl groups excluding tert-OH is 1. The molecule has 38 heavy (non-hydrogen) atoms. The van der Waals surface area contributed by atoms with E-state index in [9.17, 15) is 19.5 Å². The summed E-state index contributed by atoms with van der Waals surface area (Å²) in [5.41, 5.74) is 3.36. The van der Waals surface area contributed by atoms with E-state index in [0.29, 0.717) is 21.3 Å². The molecule has 5 N–H and O–H groups in total. The molecule has 0 saturated carbocycles. The molecule has 2 atom stereocenters. The highest BCUT2D eigenvalue weighted by Crippen LogP contribution is 2.28. The first kappa shape index (κ1) is 29.0. The third-order valence-corrected chi connectivity index (χ3v) is 6.55. The minimum absolute atomic E-state index is 0.0457. The Hall–Kier alpha value is -3.59. The predicted octanol–water partition coefficient (Wildman–Crippen LogP) is 5.38. The van der Waals surface area contributed by atoms with E-state index in [2.05, 4.69) is 36.7 Å². The van der Waals surface area contributed by atoms with Crippen molar-refractivity contribution in [1.82, 2.24) is 10.6 Å². The number of carboxylic acid groups (broad SMARTS) is 1. The number of amides is 3. The van der Waals surface area contributed by atoms with Crippen molar-refractivity contribution in [2.75, 3.05) is 11.9 Å². The lowest BCUT2D eigenvalue weighted by Gasteiger charge is -2.23. The number of anilines is 1. The van der Waals surface area contributed by atoms with Gasteiger partial charge in [-0.3, -0.25) is 4.79 Å². The highest BCUT2D eigenvalue weighted by Gasteiger charge is 2.21. The zero-order chi connectivity index (χ0) is 28.0. The Bertz CT molecular complexity index is 1310. The van der Waals surface area contributed by atoms with Gasteiger partial charge in [0.25, 0.3) is 5.91 Å². The van der Waals surface area contributed by atoms with E-state index in [4.69, 9.17) is 28.3 Å². The van der Waals surface area contributed by atoms with Gasteiger partial charge in [0.2, 0.25) is 0 Å². The van der Waals surface area contributed by atoms with Gasteiger partial charge < -0.3 is 26.2 Å². The Morgan fingerprint density at radius 1 is 0.868 bits per heavy atom. The summed E-state index contributed by atoms with van der Waals surface area (Å²) in [6.45, 7) is 5.92. The number of urea groups is 1. The fourth-order valence-corrected chi connectivity index (χ4v) is 3.91. The van der Waals surface area contributed by atoms with E-state index in [0.717, 1.165) is 11.1 Å². The van der Waals surface area contributed by atoms with Gasteiger partial charge >= 0.3 is 12.0 Å². The summed E-state index contributed by atoms with van der Waals surface area (Å²) in [5.74, 6) is -1.96. The molecule has 0 spiro atoms. The first-order valence-corrected chi connectivity index (χ1v) is 12.5. The van der Waals surface area contributed by atoms with Crippen LogP contribution in [-0.2, 0) is 10.2 Å². The maximum absolute atomic E-state index is 12.9. The lowest BCUT2D eigenvalue weighted by atomic mass is 9.85. The van der Waals surface area contributed by atoms with Crippen LogP contribution >= 0.6 is 23.2 Å². The minimum Gasteiger partial charge on any atom is -0.479 e. The molecule has 0 radical (unpaired) electrons. The summed E-state index contributed by atoms with van der Waals surface area (Å²) in [4.78, 5) is 36.1. The van der Waals surface area contributed by atoms with E-state index in [1.807, 2.05) is 24.3 Å². The van der Waals surface area contributed by atoms with Crippen molar-refractivity contribution in [3.8, 4) is 0 Å². The highest BCUT2D eigenvalue weighted by molar-refractivity contribution is 6.42. The van der Waals surface area contributed by atoms with Crippen LogP contribution in [0.5, 0.6) is 0 Å². The van der Waals surface area contributed by atoms with E-state index < -0.39 is 36.6 Å². The summed E-state index contributed by atoms with van der Waals surface area (Å²) < 4.78 is 0. The Kier molecular flexibility index (Phi) is 9.38. The number of carbonyl (C=O) groups excluding carboxylic acids is 2. The Morgan fingerprint density at radius 2 is 1.45 bits per heavy atom. The SMILES string of the molecule is CC(C)(C)c1ccc(C(NC(=O)Nc2ccc(Cl)c(Cl)c2)c2ccc(C(=O)NCC(O)C(=O)O)cc2)cc1. The van der Waals surface area contributed by atoms with Crippen molar-refractivity contribution in [3.63, 3.8) is 0 Å². The van der Waals surface area contributed by atoms with Crippen molar-refractivity contribution < 1.29 is 24.6 Å². The predicted molar refractivity (Wildman–Crippen MR) is 148 cm³/mol. The van der Waals surface area contributed by atoms with Crippen LogP contribution in [-0.4, -0.2) is 40.8 Å². The summed E-state index contributed by atoms with van der Waals surface area (Å²) in [6, 6.07) is 18.2. The van der Waals surface area contributed by atoms with E-state index in [-0.39, 0.29) is 11.0 Å². The standard InChI is InChI=1S/C28H29Cl2N3O5/c1-28(2,3)19-10-8-17(9-11-19)24(33-27(38)32-20-12-13-21(29)22(30)14-20)16-4-6-18(7-5-16)25(35)31-15-23(34)26(36)37/h4-14,23-24,34H,15H2,1-3H3,(H,31,35)(H,36,37)(H2,32,33,38). The number of aliphatic carboxylic acids is 1. The van der Waals surface area contributed by atoms with Gasteiger partial charge in [-0.1, -0.05) is 80.4 Å². The van der Waals surface area contributed by atoms with Crippen molar-refractivity contribution >= 4 is 46.8 Å². The summed E-state index contributed by atoms with van der Waals surface area (Å²) >= 11 is 12.0. The highest BCUT2D eigenvalue weighted by atomic mass is 35.5. The number of nitrogens with one attached hydrogen (secondary N) is 3. The van der Waals surface area contributed by atoms with Crippen LogP contribution in [0.4, 0.5) is 10.5 Å². The van der Waals surface area contributed by atoms with Gasteiger partial charge in [-0.15, -0.1) is 0 Å². The maximum atomic E-state index is 12.9. The van der Waals surface area contributed by atoms with Crippen molar-refractivity contribution in [2.45, 2.75) is 38.3 Å². The molecule has 3 amide bonds. The number of rotatable bonds is 8. The molecule has 10 heteroatoms. The zero-order valence-corrected chi connectivity index (χ0v) is 22.6. The van der Waals surface area contributed by atoms with Crippen LogP contribution in [0, 0.1) is 0 Å². The molecule has 0 aliphatic carbocycles. The van der Waals surface area contributed by atoms with Gasteiger partial charge in [0, 0.05) is 11.3 Å². The number of hydrogen-bond acceptors (Lipinski definition) is 4. The van der Waals surface area contributed by atoms with Gasteiger partial charge in [-0.2, -0.15) is 0 Å². The first-order valence-electron chi connectivity index (χ1n) is 11.8. The van der Waals surface area contributed by atoms with Gasteiger partial charge in [-0.25, -0.2) is 9.59 Å². The third kappa shape index (κ3) is 7.71. The topological polar surface area (TPSA) is 128 Å². The van der Waals surface area contributed by atoms with Gasteiger partial charge in [-0.05, 0) is 52.4 Å². The monoisotopic (exact) mass is 557 g/mol. The van der Waals surface area contributed by atoms with Crippen LogP contribution in [0.3, 0.4) is 0 Å². The average molecular weight is 558 g/mol. The smallest absolute Gasteiger partial charge is 0.334 e. The molecule has 0 saturated heterocycles. The van der Waals surface area contributed by atoms with Crippen LogP contribution in [0.25, 0.3) is 0 Å². The second-order valence-corrected chi connectivity index (χ2v) is 10.5. The third-order valence-electron chi connectivity index (χ3n) is 5.81. The number of aliphatic hydroxyl groups is 1. The molecule has 3 aromatic rings. The van der Waals surface area contributed by atoms with Crippen molar-refractivity contribution in [2.24, 2.45) is 0 Å². The fraction of sp³-hybridized carbons (Fsp3) is 0.250. The number of carbonyl (C=O) groups is 3. The molecule has 200 valence electrons. The summed E-state index contributed by atoms with van der Waals surface area (Å²) in [5, 5.41) is 26.9. The minimum atomic E-state index is -1.70. The van der Waals surface area contributed by atoms with Crippen LogP contribution in [0.15, 0.2) is 66.7 Å². The molecule has 0 aromatic heterocycles. The van der Waals surface area contributed by atoms with Crippen molar-refractivity contribution in [1.29, 1.82) is 0 Å². The quantitative estimate of drug-likeness (QED) is 0.254. The lowest BCUT2D eigenvalue weighted by molar-refractivity contribution is -0.146. The van der Waals surface area contributed by atoms with Crippen LogP contribution < -0.4 is 16.0 Å². The summed E-state index contributed by atoms with van der Waals surface area (Å²) in [7, 11) is 0. The Morgan fingerprint density at radius 3 is 1.97 bits per heavy atom. The molecule has 0 heterocycles. The number of hydrogen-bond donors (Lipinski definition) is 5. The fourth-order valence-electron chi connectivity index (χ4n) is 3.61. The number of halogens is 2. The Labute approximate surface area is 231 Å². The largest absolute Gasteiger partial charge is 0.479 e. The average Bonchev–Trinajstić information content (AvgIpc) is 2.87. The van der Waals surface area contributed by atoms with Gasteiger partial charge in [0.05, 0.1) is 22.6 Å². The molecule has 0 aliphatic rings. The maximum Gasteiger partial charge on any atom is 0.334 e. The molecule has 3 rings (SSSR count). The molecule has 0 fully saturated rings. The van der Waals surface area contributed by atoms with Crippen molar-refractivity contribution in [3.05, 3.63) is 99.0 Å². The second kappa shape index (κ2) is 12.3. The molecule has 0 aliphatic heterocycles. The molecule has 8 nitrogen and oxygen atoms in total. The van der Waals surface area contributed by atoms with Gasteiger partial charge in [0.1, 0.15) is 0 Å².